The van der Waals surface area contributed by atoms with Crippen molar-refractivity contribution in [2.75, 3.05) is 7.11 Å². The van der Waals surface area contributed by atoms with Crippen LogP contribution in [0.5, 0.6) is 0 Å². The highest BCUT2D eigenvalue weighted by atomic mass is 28.4. The molecular weight excluding hydrogens is 380 g/mol. The average molecular weight is 402 g/mol. The van der Waals surface area contributed by atoms with Gasteiger partial charge in [0.25, 0.3) is 0 Å². The van der Waals surface area contributed by atoms with E-state index >= 15 is 0 Å². The topological polar surface area (TPSA) is 27.7 Å². The van der Waals surface area contributed by atoms with Crippen LogP contribution < -0.4 is 5.19 Å². The molecule has 0 N–H and O–H groups in total. The number of hydrogen-bond donors (Lipinski definition) is 0. The van der Waals surface area contributed by atoms with Crippen molar-refractivity contribution in [2.24, 2.45) is 0 Å². The van der Waals surface area contributed by atoms with Gasteiger partial charge in [-0.2, -0.15) is 0 Å². The van der Waals surface area contributed by atoms with Crippen LogP contribution in [-0.2, 0) is 13.3 Å². The number of benzene rings is 2. The normalized spacial score (nSPS) is 12.3. The van der Waals surface area contributed by atoms with E-state index in [9.17, 15) is 17.6 Å². The van der Waals surface area contributed by atoms with Crippen LogP contribution >= 0.6 is 0 Å². The zero-order chi connectivity index (χ0) is 20.4. The molecule has 0 fully saturated rings. The summed E-state index contributed by atoms with van der Waals surface area (Å²) in [6.45, 7) is 7.38. The fourth-order valence-electron chi connectivity index (χ4n) is 2.64. The van der Waals surface area contributed by atoms with Crippen molar-refractivity contribution < 1.29 is 30.8 Å². The summed E-state index contributed by atoms with van der Waals surface area (Å²) in [4.78, 5) is 0. The first kappa shape index (κ1) is 21.6. The Kier molecular flexibility index (Phi) is 6.80. The minimum atomic E-state index is -3.24. The minimum absolute atomic E-state index is 0.173. The maximum atomic E-state index is 14.0. The zero-order valence-corrected chi connectivity index (χ0v) is 16.8. The van der Waals surface area contributed by atoms with Crippen molar-refractivity contribution in [2.45, 2.75) is 39.9 Å². The van der Waals surface area contributed by atoms with Crippen LogP contribution in [0.4, 0.5) is 17.6 Å². The maximum absolute atomic E-state index is 14.0. The Morgan fingerprint density at radius 2 is 1.30 bits per heavy atom. The van der Waals surface area contributed by atoms with E-state index in [0.29, 0.717) is 11.3 Å². The number of rotatable bonds is 7. The molecule has 0 unspecified atom stereocenters. The molecule has 0 heterocycles. The van der Waals surface area contributed by atoms with Gasteiger partial charge < -0.3 is 13.3 Å². The molecule has 0 aromatic heterocycles. The summed E-state index contributed by atoms with van der Waals surface area (Å²) in [5, 5.41) is 0.611. The van der Waals surface area contributed by atoms with Crippen molar-refractivity contribution in [1.29, 1.82) is 0 Å². The summed E-state index contributed by atoms with van der Waals surface area (Å²) in [6, 6.07) is 6.72. The quantitative estimate of drug-likeness (QED) is 0.294. The summed E-state index contributed by atoms with van der Waals surface area (Å²) in [5.74, 6) is -6.59. The van der Waals surface area contributed by atoms with E-state index in [-0.39, 0.29) is 23.3 Å². The SMILES string of the molecule is CO[Si](OC(C)C)(OC(C)C)c1ccc(-c2cc(F)c(F)c(F)c2F)cc1. The van der Waals surface area contributed by atoms with E-state index < -0.39 is 32.1 Å². The molecule has 3 nitrogen and oxygen atoms in total. The predicted octanol–water partition coefficient (Wildman–Crippen LogP) is 4.55. The molecule has 0 bridgehead atoms. The third-order valence-electron chi connectivity index (χ3n) is 3.70. The summed E-state index contributed by atoms with van der Waals surface area (Å²) < 4.78 is 71.7. The van der Waals surface area contributed by atoms with E-state index in [1.165, 1.54) is 19.2 Å². The largest absolute Gasteiger partial charge is 0.537 e. The molecule has 0 radical (unpaired) electrons. The molecule has 0 aliphatic rings. The van der Waals surface area contributed by atoms with Crippen molar-refractivity contribution in [3.8, 4) is 11.1 Å². The van der Waals surface area contributed by atoms with Crippen LogP contribution in [-0.4, -0.2) is 28.1 Å². The molecule has 8 heteroatoms. The second kappa shape index (κ2) is 8.51. The fourth-order valence-corrected chi connectivity index (χ4v) is 5.21. The molecule has 0 atom stereocenters. The van der Waals surface area contributed by atoms with Gasteiger partial charge in [0.2, 0.25) is 0 Å². The lowest BCUT2D eigenvalue weighted by atomic mass is 10.0. The van der Waals surface area contributed by atoms with Gasteiger partial charge >= 0.3 is 8.80 Å². The van der Waals surface area contributed by atoms with Crippen molar-refractivity contribution >= 4 is 14.0 Å². The van der Waals surface area contributed by atoms with Gasteiger partial charge in [-0.3, -0.25) is 0 Å². The van der Waals surface area contributed by atoms with E-state index in [0.717, 1.165) is 0 Å². The van der Waals surface area contributed by atoms with Gasteiger partial charge in [0.15, 0.2) is 23.3 Å². The summed E-state index contributed by atoms with van der Waals surface area (Å²) in [6.07, 6.45) is -0.347. The standard InChI is InChI=1S/C19H22F4O3Si/c1-11(2)25-27(24-5,26-12(3)4)14-8-6-13(7-9-14)15-10-16(20)18(22)19(23)17(15)21/h6-12H,1-5H3. The summed E-state index contributed by atoms with van der Waals surface area (Å²) in [5.41, 5.74) is -0.195. The Morgan fingerprint density at radius 1 is 0.778 bits per heavy atom. The second-order valence-electron chi connectivity index (χ2n) is 6.52. The van der Waals surface area contributed by atoms with Crippen LogP contribution in [0.25, 0.3) is 11.1 Å². The van der Waals surface area contributed by atoms with Gasteiger partial charge in [-0.15, -0.1) is 0 Å². The van der Waals surface area contributed by atoms with Crippen LogP contribution in [0.2, 0.25) is 0 Å². The van der Waals surface area contributed by atoms with E-state index in [4.69, 9.17) is 13.3 Å². The highest BCUT2D eigenvalue weighted by Gasteiger charge is 2.44. The minimum Gasteiger partial charge on any atom is -0.373 e. The Labute approximate surface area is 157 Å². The van der Waals surface area contributed by atoms with Crippen LogP contribution in [0, 0.1) is 23.3 Å². The monoisotopic (exact) mass is 402 g/mol. The van der Waals surface area contributed by atoms with Gasteiger partial charge in [0.05, 0.1) is 0 Å². The van der Waals surface area contributed by atoms with Crippen molar-refractivity contribution in [1.82, 2.24) is 0 Å². The third-order valence-corrected chi connectivity index (χ3v) is 6.84. The molecule has 2 aromatic rings. The first-order valence-corrected chi connectivity index (χ1v) is 10.2. The lowest BCUT2D eigenvalue weighted by Crippen LogP contribution is -2.58. The Hall–Kier alpha value is -1.74. The molecule has 0 spiro atoms. The van der Waals surface area contributed by atoms with Gasteiger partial charge in [0.1, 0.15) is 0 Å². The average Bonchev–Trinajstić information content (AvgIpc) is 2.61. The number of halogens is 4. The van der Waals surface area contributed by atoms with Gasteiger partial charge in [-0.05, 0) is 39.3 Å². The molecule has 0 saturated heterocycles. The molecular formula is C19H22F4O3Si. The van der Waals surface area contributed by atoms with E-state index in [2.05, 4.69) is 0 Å². The molecule has 0 aliphatic carbocycles. The summed E-state index contributed by atoms with van der Waals surface area (Å²) in [7, 11) is -1.76. The highest BCUT2D eigenvalue weighted by Crippen LogP contribution is 2.28. The Morgan fingerprint density at radius 3 is 1.74 bits per heavy atom. The first-order valence-electron chi connectivity index (χ1n) is 8.46. The zero-order valence-electron chi connectivity index (χ0n) is 15.8. The van der Waals surface area contributed by atoms with E-state index in [1.807, 2.05) is 27.7 Å². The second-order valence-corrected chi connectivity index (χ2v) is 9.09. The van der Waals surface area contributed by atoms with Crippen molar-refractivity contribution in [3.63, 3.8) is 0 Å². The van der Waals surface area contributed by atoms with Crippen LogP contribution in [0.1, 0.15) is 27.7 Å². The predicted molar refractivity (Wildman–Crippen MR) is 96.5 cm³/mol. The van der Waals surface area contributed by atoms with Crippen LogP contribution in [0.15, 0.2) is 30.3 Å². The van der Waals surface area contributed by atoms with E-state index in [1.54, 1.807) is 12.1 Å². The molecule has 148 valence electrons. The van der Waals surface area contributed by atoms with Gasteiger partial charge in [-0.1, -0.05) is 24.3 Å². The Balaban J connectivity index is 2.49. The lowest BCUT2D eigenvalue weighted by molar-refractivity contribution is 0.0456. The Bertz CT molecular complexity index is 785. The first-order chi connectivity index (χ1) is 12.6. The van der Waals surface area contributed by atoms with Crippen molar-refractivity contribution in [3.05, 3.63) is 53.6 Å². The molecule has 27 heavy (non-hydrogen) atoms. The molecule has 0 aliphatic heterocycles. The molecule has 2 rings (SSSR count). The van der Waals surface area contributed by atoms with Gasteiger partial charge in [0, 0.05) is 30.1 Å². The third kappa shape index (κ3) is 4.57. The lowest BCUT2D eigenvalue weighted by Gasteiger charge is -2.32. The van der Waals surface area contributed by atoms with Crippen LogP contribution in [0.3, 0.4) is 0 Å². The smallest absolute Gasteiger partial charge is 0.373 e. The molecule has 0 saturated carbocycles. The van der Waals surface area contributed by atoms with Gasteiger partial charge in [-0.25, -0.2) is 17.6 Å². The fraction of sp³-hybridized carbons (Fsp3) is 0.368. The highest BCUT2D eigenvalue weighted by molar-refractivity contribution is 6.75. The maximum Gasteiger partial charge on any atom is 0.537 e. The summed E-state index contributed by atoms with van der Waals surface area (Å²) >= 11 is 0. The molecule has 0 amide bonds. The molecule has 2 aromatic carbocycles. The number of hydrogen-bond acceptors (Lipinski definition) is 3.